The van der Waals surface area contributed by atoms with Crippen molar-refractivity contribution < 1.29 is 19.4 Å². The molecule has 5 N–H and O–H groups in total. The van der Waals surface area contributed by atoms with Gasteiger partial charge in [-0.1, -0.05) is 18.2 Å². The van der Waals surface area contributed by atoms with Crippen molar-refractivity contribution in [2.24, 2.45) is 11.7 Å². The summed E-state index contributed by atoms with van der Waals surface area (Å²) >= 11 is 0. The molecule has 2 aromatic rings. The summed E-state index contributed by atoms with van der Waals surface area (Å²) in [7, 11) is 0. The average molecular weight is 368 g/mol. The van der Waals surface area contributed by atoms with Gasteiger partial charge in [0.1, 0.15) is 23.9 Å². The van der Waals surface area contributed by atoms with Crippen LogP contribution in [0.15, 0.2) is 42.6 Å². The number of amides is 1. The van der Waals surface area contributed by atoms with E-state index in [2.05, 4.69) is 10.3 Å². The number of hydrogen-bond acceptors (Lipinski definition) is 5. The van der Waals surface area contributed by atoms with E-state index in [0.717, 1.165) is 11.1 Å². The van der Waals surface area contributed by atoms with E-state index in [9.17, 15) is 9.59 Å². The normalized spacial score (nSPS) is 18.7. The van der Waals surface area contributed by atoms with Gasteiger partial charge >= 0.3 is 5.97 Å². The zero-order valence-electron chi connectivity index (χ0n) is 14.5. The van der Waals surface area contributed by atoms with E-state index in [0.29, 0.717) is 17.9 Å². The molecule has 8 heteroatoms. The maximum atomic E-state index is 11.7. The number of benzene rings is 1. The van der Waals surface area contributed by atoms with Gasteiger partial charge in [0.25, 0.3) is 0 Å². The Balaban J connectivity index is 1.56. The molecule has 2 heterocycles. The van der Waals surface area contributed by atoms with Crippen LogP contribution < -0.4 is 15.8 Å². The van der Waals surface area contributed by atoms with Crippen molar-refractivity contribution in [2.45, 2.75) is 18.9 Å². The van der Waals surface area contributed by atoms with Crippen LogP contribution in [0.5, 0.6) is 5.75 Å². The van der Waals surface area contributed by atoms with E-state index in [1.54, 1.807) is 12.3 Å². The molecule has 1 fully saturated rings. The molecule has 1 aromatic carbocycles. The lowest BCUT2D eigenvalue weighted by molar-refractivity contribution is -0.140. The number of nitrogen functional groups attached to an aromatic ring is 1. The Morgan fingerprint density at radius 1 is 1.26 bits per heavy atom. The number of carboxylic acids is 1. The Bertz CT molecular complexity index is 849. The second-order valence-electron chi connectivity index (χ2n) is 6.42. The van der Waals surface area contributed by atoms with Crippen LogP contribution >= 0.6 is 0 Å². The van der Waals surface area contributed by atoms with E-state index < -0.39 is 11.9 Å². The number of nitrogens with one attached hydrogen (secondary N) is 2. The predicted molar refractivity (Wildman–Crippen MR) is 98.5 cm³/mol. The van der Waals surface area contributed by atoms with Crippen molar-refractivity contribution in [2.75, 3.05) is 6.61 Å². The number of pyridine rings is 1. The van der Waals surface area contributed by atoms with Gasteiger partial charge in [0.2, 0.25) is 5.91 Å². The van der Waals surface area contributed by atoms with Crippen molar-refractivity contribution in [1.29, 1.82) is 5.41 Å². The predicted octanol–water partition coefficient (Wildman–Crippen LogP) is 1.39. The molecular weight excluding hydrogens is 348 g/mol. The summed E-state index contributed by atoms with van der Waals surface area (Å²) in [6.45, 7) is 0.288. The van der Waals surface area contributed by atoms with E-state index in [1.807, 2.05) is 30.3 Å². The third-order valence-corrected chi connectivity index (χ3v) is 4.39. The van der Waals surface area contributed by atoms with Crippen LogP contribution in [0.4, 0.5) is 0 Å². The molecule has 1 aliphatic heterocycles. The van der Waals surface area contributed by atoms with Gasteiger partial charge in [-0.15, -0.1) is 0 Å². The van der Waals surface area contributed by atoms with Gasteiger partial charge < -0.3 is 20.9 Å². The van der Waals surface area contributed by atoms with Gasteiger partial charge in [-0.2, -0.15) is 0 Å². The molecule has 0 unspecified atom stereocenters. The first-order chi connectivity index (χ1) is 12.9. The lowest BCUT2D eigenvalue weighted by Crippen LogP contribution is -2.31. The smallest absolute Gasteiger partial charge is 0.304 e. The third kappa shape index (κ3) is 4.60. The minimum absolute atomic E-state index is 0.0742. The molecule has 1 aromatic heterocycles. The highest BCUT2D eigenvalue weighted by Gasteiger charge is 2.33. The summed E-state index contributed by atoms with van der Waals surface area (Å²) in [6, 6.07) is 10.8. The van der Waals surface area contributed by atoms with Crippen molar-refractivity contribution in [3.05, 3.63) is 48.3 Å². The Morgan fingerprint density at radius 3 is 2.56 bits per heavy atom. The van der Waals surface area contributed by atoms with Crippen LogP contribution in [-0.4, -0.2) is 40.5 Å². The van der Waals surface area contributed by atoms with Gasteiger partial charge in [0, 0.05) is 11.8 Å². The summed E-state index contributed by atoms with van der Waals surface area (Å²) in [6.07, 6.45) is 1.95. The van der Waals surface area contributed by atoms with Crippen molar-refractivity contribution >= 4 is 17.7 Å². The molecule has 0 bridgehead atoms. The lowest BCUT2D eigenvalue weighted by Gasteiger charge is -2.12. The first-order valence-electron chi connectivity index (χ1n) is 8.48. The highest BCUT2D eigenvalue weighted by Crippen LogP contribution is 2.23. The Hall–Kier alpha value is -3.42. The zero-order chi connectivity index (χ0) is 19.4. The first kappa shape index (κ1) is 18.4. The maximum Gasteiger partial charge on any atom is 0.304 e. The molecule has 27 heavy (non-hydrogen) atoms. The number of carbonyl (C=O) groups excluding carboxylic acids is 1. The molecule has 0 spiro atoms. The minimum atomic E-state index is -0.974. The Morgan fingerprint density at radius 2 is 1.96 bits per heavy atom. The maximum absolute atomic E-state index is 11.7. The van der Waals surface area contributed by atoms with Crippen molar-refractivity contribution in [1.82, 2.24) is 10.3 Å². The van der Waals surface area contributed by atoms with Crippen LogP contribution in [0.2, 0.25) is 0 Å². The Kier molecular flexibility index (Phi) is 5.35. The molecule has 8 nitrogen and oxygen atoms in total. The fraction of sp³-hybridized carbons (Fsp3) is 0.263. The molecule has 1 aliphatic rings. The van der Waals surface area contributed by atoms with Gasteiger partial charge in [-0.05, 0) is 30.2 Å². The topological polar surface area (TPSA) is 138 Å². The molecule has 0 saturated carbocycles. The van der Waals surface area contributed by atoms with Crippen molar-refractivity contribution in [3.8, 4) is 16.9 Å². The van der Waals surface area contributed by atoms with E-state index in [4.69, 9.17) is 21.0 Å². The number of amidine groups is 1. The summed E-state index contributed by atoms with van der Waals surface area (Å²) < 4.78 is 5.71. The van der Waals surface area contributed by atoms with Crippen LogP contribution in [0.25, 0.3) is 11.1 Å². The van der Waals surface area contributed by atoms with Gasteiger partial charge in [0.15, 0.2) is 0 Å². The van der Waals surface area contributed by atoms with Crippen LogP contribution in [0, 0.1) is 11.3 Å². The van der Waals surface area contributed by atoms with Gasteiger partial charge in [-0.25, -0.2) is 0 Å². The number of nitrogens with zero attached hydrogens (tertiary/aromatic N) is 1. The largest absolute Gasteiger partial charge is 0.491 e. The monoisotopic (exact) mass is 368 g/mol. The molecule has 0 aliphatic carbocycles. The fourth-order valence-corrected chi connectivity index (χ4v) is 2.99. The summed E-state index contributed by atoms with van der Waals surface area (Å²) in [4.78, 5) is 26.6. The second kappa shape index (κ2) is 7.86. The van der Waals surface area contributed by atoms with Gasteiger partial charge in [0.05, 0.1) is 18.4 Å². The van der Waals surface area contributed by atoms with Crippen LogP contribution in [0.3, 0.4) is 0 Å². The summed E-state index contributed by atoms with van der Waals surface area (Å²) in [5.41, 5.74) is 7.67. The zero-order valence-corrected chi connectivity index (χ0v) is 14.5. The molecule has 3 rings (SSSR count). The van der Waals surface area contributed by atoms with E-state index in [-0.39, 0.29) is 30.8 Å². The van der Waals surface area contributed by atoms with E-state index in [1.165, 1.54) is 0 Å². The standard InChI is InChI=1S/C19H20N4O4/c20-18(21)16-6-3-12(9-22-16)11-1-4-15(5-2-11)27-10-14-7-13(8-17(24)25)19(26)23-14/h1-6,9,13-14H,7-8,10H2,(H3,20,21)(H,23,26)(H,24,25)/t13-,14-/m0/s1. The van der Waals surface area contributed by atoms with Crippen LogP contribution in [-0.2, 0) is 9.59 Å². The second-order valence-corrected chi connectivity index (χ2v) is 6.42. The van der Waals surface area contributed by atoms with Crippen LogP contribution in [0.1, 0.15) is 18.5 Å². The summed E-state index contributed by atoms with van der Waals surface area (Å²) in [5, 5.41) is 18.9. The number of nitrogens with two attached hydrogens (primary N) is 1. The number of carbonyl (C=O) groups is 2. The number of carboxylic acid groups (broad SMARTS) is 1. The van der Waals surface area contributed by atoms with Gasteiger partial charge in [-0.3, -0.25) is 20.0 Å². The quantitative estimate of drug-likeness (QED) is 0.430. The number of rotatable bonds is 7. The highest BCUT2D eigenvalue weighted by atomic mass is 16.5. The highest BCUT2D eigenvalue weighted by molar-refractivity contribution is 5.93. The first-order valence-corrected chi connectivity index (χ1v) is 8.48. The number of hydrogen-bond donors (Lipinski definition) is 4. The van der Waals surface area contributed by atoms with E-state index >= 15 is 0 Å². The lowest BCUT2D eigenvalue weighted by atomic mass is 10.0. The number of aliphatic carboxylic acids is 1. The van der Waals surface area contributed by atoms with Crippen molar-refractivity contribution in [3.63, 3.8) is 0 Å². The summed E-state index contributed by atoms with van der Waals surface area (Å²) in [5.74, 6) is -1.12. The number of aromatic nitrogens is 1. The third-order valence-electron chi connectivity index (χ3n) is 4.39. The molecule has 2 atom stereocenters. The molecule has 1 amide bonds. The molecular formula is C19H20N4O4. The fourth-order valence-electron chi connectivity index (χ4n) is 2.99. The Labute approximate surface area is 155 Å². The number of ether oxygens (including phenoxy) is 1. The average Bonchev–Trinajstić information content (AvgIpc) is 2.99. The molecule has 0 radical (unpaired) electrons. The SMILES string of the molecule is N=C(N)c1ccc(-c2ccc(OC[C@@H]3C[C@@H](CC(=O)O)C(=O)N3)cc2)cn1. The minimum Gasteiger partial charge on any atom is -0.491 e. The molecule has 140 valence electrons. The molecule has 1 saturated heterocycles.